The molecule has 1 fully saturated rings. The highest BCUT2D eigenvalue weighted by Crippen LogP contribution is 2.39. The predicted molar refractivity (Wildman–Crippen MR) is 110 cm³/mol. The van der Waals surface area contributed by atoms with Crippen LogP contribution < -0.4 is 20.5 Å². The molecule has 0 aliphatic carbocycles. The van der Waals surface area contributed by atoms with Gasteiger partial charge >= 0.3 is 0 Å². The largest absolute Gasteiger partial charge is 0.371 e. The lowest BCUT2D eigenvalue weighted by Crippen LogP contribution is -2.37. The topological polar surface area (TPSA) is 190 Å². The van der Waals surface area contributed by atoms with Crippen LogP contribution in [0.15, 0.2) is 21.9 Å². The van der Waals surface area contributed by atoms with Crippen LogP contribution in [0.5, 0.6) is 0 Å². The first-order valence-electron chi connectivity index (χ1n) is 9.57. The van der Waals surface area contributed by atoms with Gasteiger partial charge < -0.3 is 10.6 Å². The normalized spacial score (nSPS) is 16.2. The van der Waals surface area contributed by atoms with E-state index in [0.717, 1.165) is 12.8 Å². The predicted octanol–water partition coefficient (Wildman–Crippen LogP) is -0.622. The van der Waals surface area contributed by atoms with E-state index in [0.29, 0.717) is 37.7 Å². The van der Waals surface area contributed by atoms with Crippen molar-refractivity contribution in [2.45, 2.75) is 36.0 Å². The number of piperidine rings is 1. The number of tetrazole rings is 1. The van der Waals surface area contributed by atoms with Gasteiger partial charge in [0.1, 0.15) is 9.79 Å². The number of hydrogen-bond acceptors (Lipinski definition) is 9. The molecule has 0 saturated carbocycles. The van der Waals surface area contributed by atoms with Crippen LogP contribution in [0.1, 0.15) is 26.2 Å². The van der Waals surface area contributed by atoms with E-state index in [1.54, 1.807) is 13.0 Å². The lowest BCUT2D eigenvalue weighted by atomic mass is 9.96. The molecular weight excluding hydrogens is 432 g/mol. The third kappa shape index (κ3) is 4.62. The third-order valence-corrected chi connectivity index (χ3v) is 7.70. The molecule has 6 N–H and O–H groups in total. The quantitative estimate of drug-likeness (QED) is 0.399. The van der Waals surface area contributed by atoms with Crippen LogP contribution in [0.2, 0.25) is 0 Å². The minimum atomic E-state index is -4.46. The van der Waals surface area contributed by atoms with E-state index in [1.807, 2.05) is 4.90 Å². The Morgan fingerprint density at radius 1 is 1.23 bits per heavy atom. The van der Waals surface area contributed by atoms with Crippen LogP contribution in [0.4, 0.5) is 5.69 Å². The number of H-pyrrole nitrogens is 1. The van der Waals surface area contributed by atoms with E-state index < -0.39 is 29.8 Å². The van der Waals surface area contributed by atoms with E-state index in [2.05, 4.69) is 25.3 Å². The Morgan fingerprint density at radius 2 is 1.93 bits per heavy atom. The van der Waals surface area contributed by atoms with Gasteiger partial charge in [-0.1, -0.05) is 6.92 Å². The zero-order chi connectivity index (χ0) is 21.9. The standard InChI is InChI=1S/C16H26N8O4S2/c1-2-7-19-30(27,28)13-4-3-12(24-8-5-11(10-17)6-9-24)14(15(13)29(18,25)26)16-20-22-23-21-16/h3-4,11,19H,2,5-10,17H2,1H3,(H2,18,25,26)(H,20,21,22,23). The van der Waals surface area contributed by atoms with Crippen molar-refractivity contribution in [2.75, 3.05) is 31.1 Å². The van der Waals surface area contributed by atoms with Gasteiger partial charge in [0.05, 0.1) is 5.56 Å². The summed E-state index contributed by atoms with van der Waals surface area (Å²) in [4.78, 5) is 0.965. The maximum Gasteiger partial charge on any atom is 0.241 e. The van der Waals surface area contributed by atoms with Crippen molar-refractivity contribution in [3.8, 4) is 11.4 Å². The molecule has 1 saturated heterocycles. The first kappa shape index (κ1) is 22.6. The SMILES string of the molecule is CCCNS(=O)(=O)c1ccc(N2CCC(CN)CC2)c(-c2nn[nH]n2)c1S(N)(=O)=O. The monoisotopic (exact) mass is 458 g/mol. The van der Waals surface area contributed by atoms with Gasteiger partial charge in [-0.2, -0.15) is 5.21 Å². The number of nitrogens with zero attached hydrogens (tertiary/aromatic N) is 4. The number of nitrogens with two attached hydrogens (primary N) is 2. The Morgan fingerprint density at radius 3 is 2.47 bits per heavy atom. The maximum atomic E-state index is 12.8. The van der Waals surface area contributed by atoms with E-state index >= 15 is 0 Å². The number of sulfonamides is 2. The Balaban J connectivity index is 2.23. The molecule has 0 bridgehead atoms. The summed E-state index contributed by atoms with van der Waals surface area (Å²) >= 11 is 0. The second-order valence-corrected chi connectivity index (χ2v) is 10.4. The number of nitrogens with one attached hydrogen (secondary N) is 2. The first-order chi connectivity index (χ1) is 14.2. The summed E-state index contributed by atoms with van der Waals surface area (Å²) in [5.74, 6) is 0.327. The van der Waals surface area contributed by atoms with Crippen LogP contribution >= 0.6 is 0 Å². The lowest BCUT2D eigenvalue weighted by molar-refractivity contribution is 0.414. The molecule has 0 unspecified atom stereocenters. The number of primary sulfonamides is 1. The number of aromatic nitrogens is 4. The molecule has 166 valence electrons. The van der Waals surface area contributed by atoms with Gasteiger partial charge in [0.2, 0.25) is 25.9 Å². The fourth-order valence-electron chi connectivity index (χ4n) is 3.52. The minimum Gasteiger partial charge on any atom is -0.371 e. The number of rotatable bonds is 8. The van der Waals surface area contributed by atoms with E-state index in [1.165, 1.54) is 6.07 Å². The molecule has 1 aliphatic rings. The highest BCUT2D eigenvalue weighted by molar-refractivity contribution is 7.92. The van der Waals surface area contributed by atoms with Crippen molar-refractivity contribution < 1.29 is 16.8 Å². The molecule has 1 aromatic carbocycles. The zero-order valence-corrected chi connectivity index (χ0v) is 18.2. The Hall–Kier alpha value is -2.13. The van der Waals surface area contributed by atoms with E-state index in [-0.39, 0.29) is 17.9 Å². The second kappa shape index (κ2) is 8.93. The molecule has 1 aliphatic heterocycles. The average Bonchev–Trinajstić information content (AvgIpc) is 3.25. The van der Waals surface area contributed by atoms with E-state index in [9.17, 15) is 16.8 Å². The Labute approximate surface area is 175 Å². The second-order valence-electron chi connectivity index (χ2n) is 7.13. The highest BCUT2D eigenvalue weighted by Gasteiger charge is 2.33. The minimum absolute atomic E-state index is 0.0109. The van der Waals surface area contributed by atoms with Gasteiger partial charge in [0, 0.05) is 25.3 Å². The number of aromatic amines is 1. The van der Waals surface area contributed by atoms with Crippen LogP contribution in [-0.4, -0.2) is 63.6 Å². The van der Waals surface area contributed by atoms with Gasteiger partial charge in [0.15, 0.2) is 0 Å². The molecule has 2 aromatic rings. The number of hydrogen-bond donors (Lipinski definition) is 4. The van der Waals surface area contributed by atoms with Crippen LogP contribution in [-0.2, 0) is 20.0 Å². The summed E-state index contributed by atoms with van der Waals surface area (Å²) in [6.45, 7) is 3.77. The van der Waals surface area contributed by atoms with Crippen LogP contribution in [0, 0.1) is 5.92 Å². The third-order valence-electron chi connectivity index (χ3n) is 5.07. The molecular formula is C16H26N8O4S2. The van der Waals surface area contributed by atoms with Crippen LogP contribution in [0.3, 0.4) is 0 Å². The molecule has 1 aromatic heterocycles. The Kier molecular flexibility index (Phi) is 6.71. The molecule has 0 spiro atoms. The number of anilines is 1. The summed E-state index contributed by atoms with van der Waals surface area (Å²) in [6, 6.07) is 2.81. The van der Waals surface area contributed by atoms with Crippen molar-refractivity contribution in [1.82, 2.24) is 25.3 Å². The first-order valence-corrected chi connectivity index (χ1v) is 12.6. The van der Waals surface area contributed by atoms with Crippen molar-refractivity contribution in [2.24, 2.45) is 16.8 Å². The summed E-state index contributed by atoms with van der Waals surface area (Å²) in [5.41, 5.74) is 6.25. The molecule has 0 atom stereocenters. The zero-order valence-electron chi connectivity index (χ0n) is 16.6. The van der Waals surface area contributed by atoms with Gasteiger partial charge in [0.25, 0.3) is 0 Å². The van der Waals surface area contributed by atoms with Crippen molar-refractivity contribution >= 4 is 25.7 Å². The molecule has 3 rings (SSSR count). The van der Waals surface area contributed by atoms with Gasteiger partial charge in [-0.3, -0.25) is 0 Å². The molecule has 0 amide bonds. The molecule has 12 nitrogen and oxygen atoms in total. The fourth-order valence-corrected chi connectivity index (χ4v) is 6.25. The average molecular weight is 459 g/mol. The smallest absolute Gasteiger partial charge is 0.241 e. The molecule has 30 heavy (non-hydrogen) atoms. The van der Waals surface area contributed by atoms with Gasteiger partial charge in [-0.05, 0) is 49.1 Å². The number of benzene rings is 1. The van der Waals surface area contributed by atoms with Crippen molar-refractivity contribution in [3.05, 3.63) is 12.1 Å². The summed E-state index contributed by atoms with van der Waals surface area (Å²) < 4.78 is 53.2. The molecule has 2 heterocycles. The highest BCUT2D eigenvalue weighted by atomic mass is 32.2. The molecule has 14 heteroatoms. The van der Waals surface area contributed by atoms with Crippen LogP contribution in [0.25, 0.3) is 11.4 Å². The fraction of sp³-hybridized carbons (Fsp3) is 0.562. The van der Waals surface area contributed by atoms with Gasteiger partial charge in [-0.15, -0.1) is 10.2 Å². The van der Waals surface area contributed by atoms with Crippen molar-refractivity contribution in [1.29, 1.82) is 0 Å². The van der Waals surface area contributed by atoms with Crippen molar-refractivity contribution in [3.63, 3.8) is 0 Å². The summed E-state index contributed by atoms with van der Waals surface area (Å²) in [6.07, 6.45) is 2.19. The molecule has 0 radical (unpaired) electrons. The Bertz CT molecular complexity index is 1080. The van der Waals surface area contributed by atoms with Gasteiger partial charge in [-0.25, -0.2) is 26.7 Å². The summed E-state index contributed by atoms with van der Waals surface area (Å²) in [5, 5.41) is 19.1. The summed E-state index contributed by atoms with van der Waals surface area (Å²) in [7, 11) is -8.60. The lowest BCUT2D eigenvalue weighted by Gasteiger charge is -2.34. The maximum absolute atomic E-state index is 12.8. The van der Waals surface area contributed by atoms with E-state index in [4.69, 9.17) is 10.9 Å².